The zero-order chi connectivity index (χ0) is 16.9. The molecule has 0 bridgehead atoms. The first-order chi connectivity index (χ1) is 11.6. The standard InChI is InChI=1S/C18H20FNO4/c19-14-4-1-3-13(7-14)9-20(10-15-5-2-6-23-15)11-16-8-17(21)18(22)12-24-16/h1,3-4,7-8,12,15,22H,2,5-6,9-11H2/t15-/m0/s1. The molecule has 1 atom stereocenters. The molecule has 1 N–H and O–H groups in total. The zero-order valence-electron chi connectivity index (χ0n) is 13.3. The molecular formula is C18H20FNO4. The van der Waals surface area contributed by atoms with Gasteiger partial charge in [-0.1, -0.05) is 12.1 Å². The van der Waals surface area contributed by atoms with Crippen LogP contribution in [0.1, 0.15) is 24.2 Å². The quantitative estimate of drug-likeness (QED) is 0.880. The number of nitrogens with zero attached hydrogens (tertiary/aromatic N) is 1. The Hall–Kier alpha value is -2.18. The summed E-state index contributed by atoms with van der Waals surface area (Å²) in [7, 11) is 0. The van der Waals surface area contributed by atoms with Gasteiger partial charge in [0.15, 0.2) is 5.75 Å². The van der Waals surface area contributed by atoms with E-state index in [-0.39, 0.29) is 11.9 Å². The van der Waals surface area contributed by atoms with E-state index in [9.17, 15) is 14.3 Å². The summed E-state index contributed by atoms with van der Waals surface area (Å²) in [4.78, 5) is 13.6. The lowest BCUT2D eigenvalue weighted by molar-refractivity contribution is 0.0652. The topological polar surface area (TPSA) is 62.9 Å². The molecule has 0 amide bonds. The number of hydrogen-bond acceptors (Lipinski definition) is 5. The molecule has 2 aromatic rings. The van der Waals surface area contributed by atoms with Crippen molar-refractivity contribution in [1.82, 2.24) is 4.90 Å². The van der Waals surface area contributed by atoms with Crippen LogP contribution in [-0.2, 0) is 17.8 Å². The minimum Gasteiger partial charge on any atom is -0.502 e. The van der Waals surface area contributed by atoms with Crippen molar-refractivity contribution in [3.8, 4) is 5.75 Å². The summed E-state index contributed by atoms with van der Waals surface area (Å²) in [6.45, 7) is 2.32. The lowest BCUT2D eigenvalue weighted by Crippen LogP contribution is -2.31. The van der Waals surface area contributed by atoms with E-state index in [0.717, 1.165) is 31.3 Å². The summed E-state index contributed by atoms with van der Waals surface area (Å²) < 4.78 is 24.4. The highest BCUT2D eigenvalue weighted by Crippen LogP contribution is 2.18. The Labute approximate surface area is 139 Å². The molecule has 2 heterocycles. The summed E-state index contributed by atoms with van der Waals surface area (Å²) in [5, 5.41) is 9.29. The van der Waals surface area contributed by atoms with Crippen LogP contribution in [0.5, 0.6) is 5.75 Å². The smallest absolute Gasteiger partial charge is 0.226 e. The fourth-order valence-corrected chi connectivity index (χ4v) is 2.90. The van der Waals surface area contributed by atoms with E-state index in [1.54, 1.807) is 6.07 Å². The molecule has 24 heavy (non-hydrogen) atoms. The third-order valence-electron chi connectivity index (χ3n) is 4.03. The maximum Gasteiger partial charge on any atom is 0.226 e. The normalized spacial score (nSPS) is 17.5. The Balaban J connectivity index is 1.75. The van der Waals surface area contributed by atoms with Crippen molar-refractivity contribution in [2.75, 3.05) is 13.2 Å². The highest BCUT2D eigenvalue weighted by Gasteiger charge is 2.20. The molecule has 0 saturated carbocycles. The molecule has 0 spiro atoms. The Morgan fingerprint density at radius 1 is 1.29 bits per heavy atom. The van der Waals surface area contributed by atoms with E-state index in [0.29, 0.717) is 25.4 Å². The van der Waals surface area contributed by atoms with Gasteiger partial charge in [-0.15, -0.1) is 0 Å². The molecule has 0 unspecified atom stereocenters. The number of aromatic hydroxyl groups is 1. The van der Waals surface area contributed by atoms with Crippen LogP contribution in [0, 0.1) is 5.82 Å². The zero-order valence-corrected chi connectivity index (χ0v) is 13.3. The third-order valence-corrected chi connectivity index (χ3v) is 4.03. The van der Waals surface area contributed by atoms with Crippen LogP contribution in [-0.4, -0.2) is 29.3 Å². The fourth-order valence-electron chi connectivity index (χ4n) is 2.90. The Bertz CT molecular complexity index is 740. The second-order valence-corrected chi connectivity index (χ2v) is 6.03. The van der Waals surface area contributed by atoms with Crippen molar-refractivity contribution in [3.05, 3.63) is 64.0 Å². The number of halogens is 1. The van der Waals surface area contributed by atoms with Crippen LogP contribution >= 0.6 is 0 Å². The van der Waals surface area contributed by atoms with Gasteiger partial charge in [-0.25, -0.2) is 4.39 Å². The van der Waals surface area contributed by atoms with Crippen LogP contribution in [0.25, 0.3) is 0 Å². The molecule has 1 aromatic heterocycles. The van der Waals surface area contributed by atoms with E-state index >= 15 is 0 Å². The van der Waals surface area contributed by atoms with Gasteiger partial charge in [-0.3, -0.25) is 9.69 Å². The molecule has 1 saturated heterocycles. The van der Waals surface area contributed by atoms with Gasteiger partial charge in [0, 0.05) is 25.8 Å². The molecule has 1 aliphatic rings. The van der Waals surface area contributed by atoms with E-state index < -0.39 is 11.2 Å². The van der Waals surface area contributed by atoms with Crippen LogP contribution in [0.15, 0.2) is 45.8 Å². The van der Waals surface area contributed by atoms with Crippen LogP contribution in [0.2, 0.25) is 0 Å². The maximum absolute atomic E-state index is 13.4. The van der Waals surface area contributed by atoms with Crippen LogP contribution in [0.3, 0.4) is 0 Å². The predicted octanol–water partition coefficient (Wildman–Crippen LogP) is 2.67. The first-order valence-corrected chi connectivity index (χ1v) is 7.99. The van der Waals surface area contributed by atoms with E-state index in [1.807, 2.05) is 6.07 Å². The van der Waals surface area contributed by atoms with Gasteiger partial charge in [0.25, 0.3) is 0 Å². The summed E-state index contributed by atoms with van der Waals surface area (Å²) in [6, 6.07) is 7.72. The Morgan fingerprint density at radius 2 is 2.17 bits per heavy atom. The van der Waals surface area contributed by atoms with Crippen LogP contribution < -0.4 is 5.43 Å². The molecule has 1 fully saturated rings. The van der Waals surface area contributed by atoms with Gasteiger partial charge in [0.1, 0.15) is 17.8 Å². The third kappa shape index (κ3) is 4.43. The van der Waals surface area contributed by atoms with Crippen molar-refractivity contribution >= 4 is 0 Å². The monoisotopic (exact) mass is 333 g/mol. The van der Waals surface area contributed by atoms with Gasteiger partial charge in [0.05, 0.1) is 12.6 Å². The number of rotatable bonds is 6. The summed E-state index contributed by atoms with van der Waals surface area (Å²) >= 11 is 0. The van der Waals surface area contributed by atoms with Crippen molar-refractivity contribution < 1.29 is 18.7 Å². The molecule has 5 nitrogen and oxygen atoms in total. The average Bonchev–Trinajstić information content (AvgIpc) is 3.04. The summed E-state index contributed by atoms with van der Waals surface area (Å²) in [6.07, 6.45) is 3.19. The lowest BCUT2D eigenvalue weighted by Gasteiger charge is -2.24. The number of benzene rings is 1. The van der Waals surface area contributed by atoms with Gasteiger partial charge in [0.2, 0.25) is 5.43 Å². The molecule has 0 aliphatic carbocycles. The van der Waals surface area contributed by atoms with Gasteiger partial charge < -0.3 is 14.3 Å². The lowest BCUT2D eigenvalue weighted by atomic mass is 10.1. The molecule has 3 rings (SSSR count). The average molecular weight is 333 g/mol. The van der Waals surface area contributed by atoms with Gasteiger partial charge in [-0.2, -0.15) is 0 Å². The summed E-state index contributed by atoms with van der Waals surface area (Å²) in [5.74, 6) is -0.234. The fraction of sp³-hybridized carbons (Fsp3) is 0.389. The van der Waals surface area contributed by atoms with E-state index in [2.05, 4.69) is 4.90 Å². The highest BCUT2D eigenvalue weighted by atomic mass is 19.1. The van der Waals surface area contributed by atoms with Gasteiger partial charge >= 0.3 is 0 Å². The van der Waals surface area contributed by atoms with Crippen molar-refractivity contribution in [2.24, 2.45) is 0 Å². The molecule has 0 radical (unpaired) electrons. The summed E-state index contributed by atoms with van der Waals surface area (Å²) in [5.41, 5.74) is 0.369. The first-order valence-electron chi connectivity index (χ1n) is 7.99. The highest BCUT2D eigenvalue weighted by molar-refractivity contribution is 5.17. The Kier molecular flexibility index (Phi) is 5.27. The SMILES string of the molecule is O=c1cc(CN(Cc2cccc(F)c2)C[C@@H]2CCCO2)occ1O. The first kappa shape index (κ1) is 16.7. The predicted molar refractivity (Wildman–Crippen MR) is 86.1 cm³/mol. The van der Waals surface area contributed by atoms with Crippen LogP contribution in [0.4, 0.5) is 4.39 Å². The molecule has 128 valence electrons. The molecule has 1 aliphatic heterocycles. The largest absolute Gasteiger partial charge is 0.502 e. The maximum atomic E-state index is 13.4. The Morgan fingerprint density at radius 3 is 2.88 bits per heavy atom. The van der Waals surface area contributed by atoms with E-state index in [4.69, 9.17) is 9.15 Å². The van der Waals surface area contributed by atoms with E-state index in [1.165, 1.54) is 18.2 Å². The molecular weight excluding hydrogens is 313 g/mol. The van der Waals surface area contributed by atoms with Crippen molar-refractivity contribution in [1.29, 1.82) is 0 Å². The molecule has 6 heteroatoms. The minimum absolute atomic E-state index is 0.127. The number of ether oxygens (including phenoxy) is 1. The second-order valence-electron chi connectivity index (χ2n) is 6.03. The van der Waals surface area contributed by atoms with Crippen molar-refractivity contribution in [2.45, 2.75) is 32.0 Å². The van der Waals surface area contributed by atoms with Gasteiger partial charge in [-0.05, 0) is 30.5 Å². The minimum atomic E-state index is -0.473. The second kappa shape index (κ2) is 7.59. The number of hydrogen-bond donors (Lipinski definition) is 1. The molecule has 1 aromatic carbocycles. The van der Waals surface area contributed by atoms with Crippen molar-refractivity contribution in [3.63, 3.8) is 0 Å².